The minimum absolute atomic E-state index is 0. The minimum atomic E-state index is -4.34. The number of hydrogen-bond acceptors (Lipinski definition) is 3. The number of carbonyl (C=O) groups is 1. The molecule has 0 amide bonds. The zero-order valence-electron chi connectivity index (χ0n) is 11.4. The standard InChI is InChI=1S/C14H16F3NO2.ClH/c1-20-13(19)12-8-10(5-6-18-12)9-3-2-4-11(7-9)14(15,16)17;/h2-4,7,10,12,18H,5-6,8H2,1H3;1H. The van der Waals surface area contributed by atoms with Crippen molar-refractivity contribution in [2.75, 3.05) is 13.7 Å². The first-order valence-corrected chi connectivity index (χ1v) is 6.40. The van der Waals surface area contributed by atoms with Crippen LogP contribution >= 0.6 is 12.4 Å². The Morgan fingerprint density at radius 1 is 1.38 bits per heavy atom. The fourth-order valence-electron chi connectivity index (χ4n) is 2.51. The molecule has 1 aromatic rings. The van der Waals surface area contributed by atoms with E-state index in [-0.39, 0.29) is 24.3 Å². The Hall–Kier alpha value is -1.27. The monoisotopic (exact) mass is 323 g/mol. The molecule has 2 rings (SSSR count). The Labute approximate surface area is 127 Å². The Bertz CT molecular complexity index is 493. The summed E-state index contributed by atoms with van der Waals surface area (Å²) in [7, 11) is 1.30. The zero-order chi connectivity index (χ0) is 14.8. The molecule has 0 radical (unpaired) electrons. The lowest BCUT2D eigenvalue weighted by molar-refractivity contribution is -0.144. The van der Waals surface area contributed by atoms with Gasteiger partial charge in [-0.2, -0.15) is 13.2 Å². The molecule has 7 heteroatoms. The van der Waals surface area contributed by atoms with E-state index in [1.54, 1.807) is 6.07 Å². The topological polar surface area (TPSA) is 38.3 Å². The van der Waals surface area contributed by atoms with Crippen LogP contribution < -0.4 is 5.32 Å². The molecule has 0 aromatic heterocycles. The lowest BCUT2D eigenvalue weighted by Gasteiger charge is -2.29. The first kappa shape index (κ1) is 17.8. The Morgan fingerprint density at radius 2 is 2.10 bits per heavy atom. The van der Waals surface area contributed by atoms with Crippen molar-refractivity contribution in [3.63, 3.8) is 0 Å². The molecule has 1 aromatic carbocycles. The van der Waals surface area contributed by atoms with Crippen molar-refractivity contribution in [3.05, 3.63) is 35.4 Å². The van der Waals surface area contributed by atoms with Gasteiger partial charge in [0, 0.05) is 0 Å². The van der Waals surface area contributed by atoms with Gasteiger partial charge in [0.2, 0.25) is 0 Å². The van der Waals surface area contributed by atoms with Gasteiger partial charge in [-0.05, 0) is 36.9 Å². The van der Waals surface area contributed by atoms with Crippen molar-refractivity contribution < 1.29 is 22.7 Å². The zero-order valence-corrected chi connectivity index (χ0v) is 12.3. The quantitative estimate of drug-likeness (QED) is 0.850. The highest BCUT2D eigenvalue weighted by atomic mass is 35.5. The number of alkyl halides is 3. The fraction of sp³-hybridized carbons (Fsp3) is 0.500. The Kier molecular flexibility index (Phi) is 6.04. The summed E-state index contributed by atoms with van der Waals surface area (Å²) >= 11 is 0. The highest BCUT2D eigenvalue weighted by Crippen LogP contribution is 2.34. The average molecular weight is 324 g/mol. The Balaban J connectivity index is 0.00000220. The predicted octanol–water partition coefficient (Wildman–Crippen LogP) is 3.14. The largest absolute Gasteiger partial charge is 0.468 e. The van der Waals surface area contributed by atoms with E-state index in [9.17, 15) is 18.0 Å². The van der Waals surface area contributed by atoms with E-state index in [2.05, 4.69) is 10.1 Å². The molecule has 1 N–H and O–H groups in total. The van der Waals surface area contributed by atoms with Gasteiger partial charge in [0.25, 0.3) is 0 Å². The highest BCUT2D eigenvalue weighted by Gasteiger charge is 2.32. The number of nitrogens with one attached hydrogen (secondary N) is 1. The molecule has 1 saturated heterocycles. The summed E-state index contributed by atoms with van der Waals surface area (Å²) in [6.45, 7) is 0.584. The summed E-state index contributed by atoms with van der Waals surface area (Å²) in [4.78, 5) is 11.5. The number of methoxy groups -OCH3 is 1. The molecule has 0 saturated carbocycles. The number of rotatable bonds is 2. The molecular formula is C14H17ClF3NO2. The highest BCUT2D eigenvalue weighted by molar-refractivity contribution is 5.85. The van der Waals surface area contributed by atoms with Gasteiger partial charge in [-0.15, -0.1) is 12.4 Å². The third-order valence-electron chi connectivity index (χ3n) is 3.57. The normalized spacial score (nSPS) is 22.3. The molecule has 1 aliphatic heterocycles. The molecule has 3 nitrogen and oxygen atoms in total. The van der Waals surface area contributed by atoms with Crippen LogP contribution in [0, 0.1) is 0 Å². The van der Waals surface area contributed by atoms with Crippen molar-refractivity contribution in [1.29, 1.82) is 0 Å². The van der Waals surface area contributed by atoms with Crippen LogP contribution in [0.2, 0.25) is 0 Å². The second-order valence-electron chi connectivity index (χ2n) is 4.87. The van der Waals surface area contributed by atoms with Crippen LogP contribution in [0.25, 0.3) is 0 Å². The summed E-state index contributed by atoms with van der Waals surface area (Å²) in [6, 6.07) is 4.87. The van der Waals surface area contributed by atoms with Gasteiger partial charge in [-0.3, -0.25) is 4.79 Å². The second-order valence-corrected chi connectivity index (χ2v) is 4.87. The number of piperidine rings is 1. The third kappa shape index (κ3) is 4.35. The van der Waals surface area contributed by atoms with E-state index >= 15 is 0 Å². The summed E-state index contributed by atoms with van der Waals surface area (Å²) < 4.78 is 42.8. The first-order chi connectivity index (χ1) is 9.41. The van der Waals surface area contributed by atoms with E-state index in [0.29, 0.717) is 24.9 Å². The molecular weight excluding hydrogens is 307 g/mol. The van der Waals surface area contributed by atoms with Crippen LogP contribution in [-0.2, 0) is 15.7 Å². The maximum absolute atomic E-state index is 12.7. The molecule has 1 fully saturated rings. The summed E-state index contributed by atoms with van der Waals surface area (Å²) in [5.74, 6) is -0.440. The van der Waals surface area contributed by atoms with Crippen molar-refractivity contribution >= 4 is 18.4 Å². The van der Waals surface area contributed by atoms with Gasteiger partial charge < -0.3 is 10.1 Å². The maximum Gasteiger partial charge on any atom is 0.416 e. The predicted molar refractivity (Wildman–Crippen MR) is 74.5 cm³/mol. The molecule has 2 atom stereocenters. The van der Waals surface area contributed by atoms with Crippen LogP contribution in [0.3, 0.4) is 0 Å². The molecule has 1 aliphatic rings. The third-order valence-corrected chi connectivity index (χ3v) is 3.57. The number of esters is 1. The van der Waals surface area contributed by atoms with Gasteiger partial charge in [0.1, 0.15) is 6.04 Å². The first-order valence-electron chi connectivity index (χ1n) is 6.40. The summed E-state index contributed by atoms with van der Waals surface area (Å²) in [5, 5.41) is 3.02. The van der Waals surface area contributed by atoms with Crippen molar-refractivity contribution in [1.82, 2.24) is 5.32 Å². The SMILES string of the molecule is COC(=O)C1CC(c2cccc(C(F)(F)F)c2)CCN1.Cl. The number of halogens is 4. The van der Waals surface area contributed by atoms with Gasteiger partial charge in [0.15, 0.2) is 0 Å². The van der Waals surface area contributed by atoms with Crippen LogP contribution in [-0.4, -0.2) is 25.7 Å². The van der Waals surface area contributed by atoms with Gasteiger partial charge in [0.05, 0.1) is 12.7 Å². The number of carbonyl (C=O) groups excluding carboxylic acids is 1. The van der Waals surface area contributed by atoms with E-state index < -0.39 is 17.8 Å². The lowest BCUT2D eigenvalue weighted by atomic mass is 9.86. The van der Waals surface area contributed by atoms with Crippen LogP contribution in [0.5, 0.6) is 0 Å². The van der Waals surface area contributed by atoms with E-state index in [1.807, 2.05) is 0 Å². The summed E-state index contributed by atoms with van der Waals surface area (Å²) in [6.07, 6.45) is -3.19. The van der Waals surface area contributed by atoms with Gasteiger partial charge >= 0.3 is 12.1 Å². The average Bonchev–Trinajstić information content (AvgIpc) is 2.46. The second kappa shape index (κ2) is 7.13. The fourth-order valence-corrected chi connectivity index (χ4v) is 2.51. The van der Waals surface area contributed by atoms with Crippen LogP contribution in [0.4, 0.5) is 13.2 Å². The lowest BCUT2D eigenvalue weighted by Crippen LogP contribution is -2.43. The molecule has 1 heterocycles. The van der Waals surface area contributed by atoms with Gasteiger partial charge in [-0.1, -0.05) is 18.2 Å². The van der Waals surface area contributed by atoms with Crippen molar-refractivity contribution in [2.45, 2.75) is 31.0 Å². The molecule has 21 heavy (non-hydrogen) atoms. The number of benzene rings is 1. The molecule has 2 unspecified atom stereocenters. The van der Waals surface area contributed by atoms with Crippen molar-refractivity contribution in [3.8, 4) is 0 Å². The number of ether oxygens (including phenoxy) is 1. The molecule has 0 bridgehead atoms. The molecule has 0 spiro atoms. The van der Waals surface area contributed by atoms with E-state index in [0.717, 1.165) is 6.07 Å². The Morgan fingerprint density at radius 3 is 2.71 bits per heavy atom. The number of hydrogen-bond donors (Lipinski definition) is 1. The molecule has 118 valence electrons. The van der Waals surface area contributed by atoms with Crippen LogP contribution in [0.15, 0.2) is 24.3 Å². The van der Waals surface area contributed by atoms with E-state index in [4.69, 9.17) is 0 Å². The smallest absolute Gasteiger partial charge is 0.416 e. The van der Waals surface area contributed by atoms with Crippen LogP contribution in [0.1, 0.15) is 29.9 Å². The van der Waals surface area contributed by atoms with E-state index in [1.165, 1.54) is 19.2 Å². The maximum atomic E-state index is 12.7. The summed E-state index contributed by atoms with van der Waals surface area (Å²) in [5.41, 5.74) is -0.0293. The van der Waals surface area contributed by atoms with Crippen molar-refractivity contribution in [2.24, 2.45) is 0 Å². The van der Waals surface area contributed by atoms with Gasteiger partial charge in [-0.25, -0.2) is 0 Å². The minimum Gasteiger partial charge on any atom is -0.468 e. The molecule has 0 aliphatic carbocycles.